The number of aliphatic hydroxyl groups excluding tert-OH is 1. The van der Waals surface area contributed by atoms with Gasteiger partial charge in [0.05, 0.1) is 6.10 Å². The van der Waals surface area contributed by atoms with Gasteiger partial charge in [0.25, 0.3) is 5.69 Å². The Morgan fingerprint density at radius 1 is 1.24 bits per heavy atom. The van der Waals surface area contributed by atoms with E-state index < -0.39 is 23.6 Å². The molecular formula is C27H41N5O5. The number of amides is 3. The highest BCUT2D eigenvalue weighted by Gasteiger charge is 2.55. The van der Waals surface area contributed by atoms with Gasteiger partial charge >= 0.3 is 5.91 Å². The van der Waals surface area contributed by atoms with E-state index in [-0.39, 0.29) is 23.4 Å². The zero-order chi connectivity index (χ0) is 26.6. The Kier molecular flexibility index (Phi) is 8.69. The first-order chi connectivity index (χ1) is 17.8. The number of carbonyl (C=O) groups excluding carboxylic acids is 3. The molecule has 0 unspecified atom stereocenters. The Hall–Kier alpha value is -2.72. The number of pyridine rings is 1. The predicted molar refractivity (Wildman–Crippen MR) is 137 cm³/mol. The van der Waals surface area contributed by atoms with Crippen LogP contribution in [0.5, 0.6) is 0 Å². The molecule has 2 aliphatic heterocycles. The van der Waals surface area contributed by atoms with Gasteiger partial charge in [-0.25, -0.2) is 0 Å². The normalized spacial score (nSPS) is 23.6. The number of piperidine rings is 1. The van der Waals surface area contributed by atoms with Crippen molar-refractivity contribution in [2.45, 2.75) is 88.9 Å². The van der Waals surface area contributed by atoms with Crippen LogP contribution in [-0.2, 0) is 16.1 Å². The van der Waals surface area contributed by atoms with E-state index in [9.17, 15) is 24.7 Å². The first-order valence-corrected chi connectivity index (χ1v) is 13.8. The molecule has 1 aliphatic carbocycles. The summed E-state index contributed by atoms with van der Waals surface area (Å²) < 4.78 is 0.580. The quantitative estimate of drug-likeness (QED) is 0.351. The van der Waals surface area contributed by atoms with Gasteiger partial charge in [0.1, 0.15) is 11.6 Å². The number of aliphatic hydroxyl groups is 1. The average Bonchev–Trinajstić information content (AvgIpc) is 2.91. The lowest BCUT2D eigenvalue weighted by Gasteiger charge is -2.52. The van der Waals surface area contributed by atoms with Crippen molar-refractivity contribution in [3.05, 3.63) is 34.8 Å². The van der Waals surface area contributed by atoms with Gasteiger partial charge in [-0.2, -0.15) is 4.73 Å². The van der Waals surface area contributed by atoms with Crippen LogP contribution in [0.25, 0.3) is 0 Å². The largest absolute Gasteiger partial charge is 0.618 e. The third-order valence-electron chi connectivity index (χ3n) is 8.49. The molecule has 3 N–H and O–H groups in total. The van der Waals surface area contributed by atoms with Crippen molar-refractivity contribution >= 4 is 17.7 Å². The lowest BCUT2D eigenvalue weighted by molar-refractivity contribution is -0.608. The molecule has 3 fully saturated rings. The maximum atomic E-state index is 13.7. The highest BCUT2D eigenvalue weighted by atomic mass is 16.5. The summed E-state index contributed by atoms with van der Waals surface area (Å²) in [5.74, 6) is -0.703. The Morgan fingerprint density at radius 2 is 1.95 bits per heavy atom. The van der Waals surface area contributed by atoms with Crippen LogP contribution in [0, 0.1) is 11.1 Å². The van der Waals surface area contributed by atoms with Crippen molar-refractivity contribution in [3.63, 3.8) is 0 Å². The van der Waals surface area contributed by atoms with Crippen LogP contribution in [0.2, 0.25) is 0 Å². The second-order valence-corrected chi connectivity index (χ2v) is 10.8. The molecule has 10 heteroatoms. The molecule has 1 aromatic rings. The first kappa shape index (κ1) is 27.3. The predicted octanol–water partition coefficient (Wildman–Crippen LogP) is 1.08. The minimum absolute atomic E-state index is 0.0396. The zero-order valence-corrected chi connectivity index (χ0v) is 22.1. The molecule has 3 amide bonds. The molecular weight excluding hydrogens is 474 g/mol. The van der Waals surface area contributed by atoms with E-state index in [0.717, 1.165) is 50.5 Å². The summed E-state index contributed by atoms with van der Waals surface area (Å²) in [5, 5.41) is 28.8. The van der Waals surface area contributed by atoms with Crippen molar-refractivity contribution in [1.29, 1.82) is 0 Å². The van der Waals surface area contributed by atoms with Gasteiger partial charge in [0, 0.05) is 44.9 Å². The number of unbranched alkanes of at least 4 members (excludes halogenated alkanes) is 1. The van der Waals surface area contributed by atoms with Gasteiger partial charge in [0.2, 0.25) is 11.8 Å². The van der Waals surface area contributed by atoms with Gasteiger partial charge < -0.3 is 25.8 Å². The molecule has 10 nitrogen and oxygen atoms in total. The summed E-state index contributed by atoms with van der Waals surface area (Å²) in [6.45, 7) is 4.27. The number of carbonyl (C=O) groups is 3. The summed E-state index contributed by atoms with van der Waals surface area (Å²) in [4.78, 5) is 43.1. The number of rotatable bonds is 8. The topological polar surface area (TPSA) is 129 Å². The summed E-state index contributed by atoms with van der Waals surface area (Å²) in [7, 11) is 1.48. The molecule has 1 aromatic heterocycles. The first-order valence-electron chi connectivity index (χ1n) is 13.8. The lowest BCUT2D eigenvalue weighted by atomic mass is 9.78. The molecule has 204 valence electrons. The number of hydrogen-bond acceptors (Lipinski definition) is 6. The number of aromatic nitrogens is 1. The third kappa shape index (κ3) is 5.60. The molecule has 2 atom stereocenters. The highest BCUT2D eigenvalue weighted by Crippen LogP contribution is 2.36. The summed E-state index contributed by atoms with van der Waals surface area (Å²) in [6.07, 6.45) is 8.31. The van der Waals surface area contributed by atoms with E-state index in [1.807, 2.05) is 0 Å². The molecule has 3 heterocycles. The van der Waals surface area contributed by atoms with Gasteiger partial charge in [-0.1, -0.05) is 32.6 Å². The monoisotopic (exact) mass is 515 g/mol. The standard InChI is InChI=1S/C27H41N5O5/c1-3-4-14-31-25(35)22(23(33)20-8-6-5-7-9-20)29-26(36)27(31)12-15-30(16-13-27)17-19-10-11-21(24(34)28-2)32(37)18-19/h10-11,18,20,22-23,33H,3-9,12-17H2,1-2H3,(H,28,34)(H,29,36)/t22-,23-/m1/s1. The summed E-state index contributed by atoms with van der Waals surface area (Å²) in [6, 6.07) is 2.41. The second kappa shape index (κ2) is 11.8. The van der Waals surface area contributed by atoms with Gasteiger partial charge in [0.15, 0.2) is 6.20 Å². The van der Waals surface area contributed by atoms with Crippen molar-refractivity contribution in [2.75, 3.05) is 26.7 Å². The smallest absolute Gasteiger partial charge is 0.317 e. The van der Waals surface area contributed by atoms with Crippen LogP contribution in [0.3, 0.4) is 0 Å². The zero-order valence-electron chi connectivity index (χ0n) is 22.1. The fourth-order valence-corrected chi connectivity index (χ4v) is 6.21. The SMILES string of the molecule is CCCCN1C(=O)[C@@H]([C@H](O)C2CCCCC2)NC(=O)C12CCN(Cc1ccc(C(=O)NC)[n+]([O-])c1)CC2. The van der Waals surface area contributed by atoms with Crippen LogP contribution in [0.1, 0.15) is 80.8 Å². The van der Waals surface area contributed by atoms with Crippen LogP contribution in [0.15, 0.2) is 18.3 Å². The number of nitrogens with zero attached hydrogens (tertiary/aromatic N) is 3. The maximum Gasteiger partial charge on any atom is 0.317 e. The lowest BCUT2D eigenvalue weighted by Crippen LogP contribution is -2.75. The third-order valence-corrected chi connectivity index (χ3v) is 8.49. The number of piperazine rings is 1. The van der Waals surface area contributed by atoms with E-state index in [1.165, 1.54) is 19.3 Å². The van der Waals surface area contributed by atoms with Crippen molar-refractivity contribution in [1.82, 2.24) is 20.4 Å². The summed E-state index contributed by atoms with van der Waals surface area (Å²) >= 11 is 0. The van der Waals surface area contributed by atoms with E-state index in [2.05, 4.69) is 22.5 Å². The van der Waals surface area contributed by atoms with Gasteiger partial charge in [-0.15, -0.1) is 0 Å². The molecule has 0 bridgehead atoms. The van der Waals surface area contributed by atoms with E-state index in [4.69, 9.17) is 0 Å². The Morgan fingerprint density at radius 3 is 2.57 bits per heavy atom. The maximum absolute atomic E-state index is 13.7. The van der Waals surface area contributed by atoms with Crippen LogP contribution < -0.4 is 15.4 Å². The summed E-state index contributed by atoms with van der Waals surface area (Å²) in [5.41, 5.74) is -0.0911. The molecule has 37 heavy (non-hydrogen) atoms. The number of nitrogens with one attached hydrogen (secondary N) is 2. The van der Waals surface area contributed by atoms with E-state index in [1.54, 1.807) is 11.0 Å². The fourth-order valence-electron chi connectivity index (χ4n) is 6.21. The molecule has 3 aliphatic rings. The minimum atomic E-state index is -0.910. The molecule has 1 spiro atoms. The molecule has 4 rings (SSSR count). The van der Waals surface area contributed by atoms with Crippen LogP contribution in [-0.4, -0.2) is 77.0 Å². The number of hydrogen-bond donors (Lipinski definition) is 3. The van der Waals surface area contributed by atoms with Crippen LogP contribution in [0.4, 0.5) is 0 Å². The van der Waals surface area contributed by atoms with E-state index in [0.29, 0.717) is 43.8 Å². The van der Waals surface area contributed by atoms with Gasteiger partial charge in [-0.05, 0) is 44.1 Å². The Balaban J connectivity index is 1.45. The molecule has 0 radical (unpaired) electrons. The Bertz CT molecular complexity index is 987. The van der Waals surface area contributed by atoms with E-state index >= 15 is 0 Å². The Labute approximate surface area is 219 Å². The molecule has 1 saturated carbocycles. The number of likely N-dealkylation sites (tertiary alicyclic amines) is 1. The fraction of sp³-hybridized carbons (Fsp3) is 0.704. The van der Waals surface area contributed by atoms with Crippen molar-refractivity contribution in [2.24, 2.45) is 5.92 Å². The van der Waals surface area contributed by atoms with Crippen molar-refractivity contribution < 1.29 is 24.2 Å². The van der Waals surface area contributed by atoms with Crippen LogP contribution >= 0.6 is 0 Å². The van der Waals surface area contributed by atoms with Crippen molar-refractivity contribution in [3.8, 4) is 0 Å². The highest BCUT2D eigenvalue weighted by molar-refractivity contribution is 6.00. The molecule has 0 aromatic carbocycles. The van der Waals surface area contributed by atoms with Gasteiger partial charge in [-0.3, -0.25) is 19.3 Å². The second-order valence-electron chi connectivity index (χ2n) is 10.8. The molecule has 2 saturated heterocycles. The average molecular weight is 516 g/mol. The minimum Gasteiger partial charge on any atom is -0.618 e.